The van der Waals surface area contributed by atoms with Crippen molar-refractivity contribution in [3.63, 3.8) is 0 Å². The lowest BCUT2D eigenvalue weighted by molar-refractivity contribution is -0.143. The van der Waals surface area contributed by atoms with Crippen molar-refractivity contribution in [3.05, 3.63) is 138 Å². The molecule has 18 heteroatoms. The summed E-state index contributed by atoms with van der Waals surface area (Å²) in [6, 6.07) is 38.0. The van der Waals surface area contributed by atoms with Crippen molar-refractivity contribution in [3.8, 4) is 34.9 Å². The van der Waals surface area contributed by atoms with E-state index in [2.05, 4.69) is 84.4 Å². The van der Waals surface area contributed by atoms with Gasteiger partial charge in [-0.25, -0.2) is 19.6 Å². The maximum absolute atomic E-state index is 12.5. The molecule has 3 heterocycles. The van der Waals surface area contributed by atoms with Gasteiger partial charge in [-0.3, -0.25) is 9.36 Å². The Morgan fingerprint density at radius 1 is 0.803 bits per heavy atom. The van der Waals surface area contributed by atoms with Gasteiger partial charge in [-0.15, -0.1) is 0 Å². The van der Waals surface area contributed by atoms with Crippen LogP contribution in [0.2, 0.25) is 18.1 Å². The van der Waals surface area contributed by atoms with Crippen molar-refractivity contribution in [2.75, 3.05) is 34.0 Å². The average molecular weight is 1070 g/mol. The first-order valence-corrected chi connectivity index (χ1v) is 29.9. The van der Waals surface area contributed by atoms with Crippen LogP contribution in [0.4, 0.5) is 0 Å². The molecule has 2 aromatic heterocycles. The minimum absolute atomic E-state index is 0.00172. The van der Waals surface area contributed by atoms with Crippen molar-refractivity contribution in [2.45, 2.75) is 135 Å². The quantitative estimate of drug-likeness (QED) is 0.0173. The Bertz CT molecular complexity index is 2870. The highest BCUT2D eigenvalue weighted by Gasteiger charge is 2.54. The summed E-state index contributed by atoms with van der Waals surface area (Å²) < 4.78 is 57.5. The minimum atomic E-state index is -2.68. The number of hydrogen-bond donors (Lipinski definition) is 0. The molecule has 1 saturated heterocycles. The molecular weight excluding hydrogens is 998 g/mol. The van der Waals surface area contributed by atoms with Crippen LogP contribution in [0.3, 0.4) is 0 Å². The first kappa shape index (κ1) is 57.6. The number of carbonyl (C=O) groups excluding carboxylic acids is 1. The fraction of sp³-hybridized carbons (Fsp3) is 0.448. The van der Waals surface area contributed by atoms with Gasteiger partial charge < -0.3 is 37.2 Å². The van der Waals surface area contributed by atoms with Gasteiger partial charge in [-0.05, 0) is 105 Å². The number of hydrogen-bond acceptors (Lipinski definition) is 15. The van der Waals surface area contributed by atoms with E-state index in [1.54, 1.807) is 20.5 Å². The lowest BCUT2D eigenvalue weighted by Crippen LogP contribution is -2.50. The molecule has 0 radical (unpaired) electrons. The fourth-order valence-corrected chi connectivity index (χ4v) is 12.2. The zero-order valence-electron chi connectivity index (χ0n) is 45.6. The van der Waals surface area contributed by atoms with Gasteiger partial charge in [0.1, 0.15) is 59.6 Å². The van der Waals surface area contributed by atoms with E-state index in [0.29, 0.717) is 34.8 Å². The molecule has 0 saturated carbocycles. The Hall–Kier alpha value is -6.11. The molecule has 0 N–H and O–H groups in total. The molecule has 16 nitrogen and oxygen atoms in total. The van der Waals surface area contributed by atoms with Crippen LogP contribution in [-0.4, -0.2) is 103 Å². The number of rotatable bonds is 25. The molecule has 1 aliphatic heterocycles. The van der Waals surface area contributed by atoms with E-state index < -0.39 is 47.0 Å². The summed E-state index contributed by atoms with van der Waals surface area (Å²) in [7, 11) is -1.21. The van der Waals surface area contributed by atoms with Crippen LogP contribution >= 0.6 is 8.53 Å². The number of carbonyl (C=O) groups is 1. The number of nitrogens with zero attached hydrogens (tertiary/aromatic N) is 7. The number of fused-ring (bicyclic) bond motifs is 1. The van der Waals surface area contributed by atoms with E-state index in [9.17, 15) is 10.1 Å². The van der Waals surface area contributed by atoms with E-state index in [4.69, 9.17) is 57.4 Å². The zero-order chi connectivity index (χ0) is 54.6. The predicted octanol–water partition coefficient (Wildman–Crippen LogP) is 11.9. The molecule has 5 atom stereocenters. The second kappa shape index (κ2) is 25.8. The highest BCUT2D eigenvalue weighted by molar-refractivity contribution is 7.44. The van der Waals surface area contributed by atoms with Gasteiger partial charge in [0.15, 0.2) is 20.2 Å². The predicted molar refractivity (Wildman–Crippen MR) is 295 cm³/mol. The first-order valence-electron chi connectivity index (χ1n) is 25.8. The van der Waals surface area contributed by atoms with Gasteiger partial charge in [-0.1, -0.05) is 93.6 Å². The maximum Gasteiger partial charge on any atom is 0.306 e. The number of aromatic nitrogens is 4. The summed E-state index contributed by atoms with van der Waals surface area (Å²) in [6.07, 6.45) is 0.939. The number of benzene rings is 4. The standard InChI is InChI=1S/C58H72N7O9PSi/c1-40(2)65(41(3)4)75(71-35-17-33-60)73-53-49(37-70-58(44-20-13-12-14-21-44,45-23-27-47(67-8)28-24-45)46-25-29-48(68-9)30-26-46)72-56(54(53)74-76(10,11)57(5,6)7)64-39-63-52-51(61-38-62-55(52)64)43-19-15-18-42(36-43)22-31-50(66)69-34-16-32-59/h12-15,18-21,23-30,36,38-41,49,53-54,56H,16-17,22,31,34-35,37H2,1-11H3/t49-,53-,54-,56-,75?/m1/s1. The normalized spacial score (nSPS) is 17.5. The van der Waals surface area contributed by atoms with Gasteiger partial charge in [-0.2, -0.15) is 10.5 Å². The van der Waals surface area contributed by atoms with Crippen LogP contribution in [0, 0.1) is 22.7 Å². The number of aryl methyl sites for hydroxylation is 1. The number of esters is 1. The summed E-state index contributed by atoms with van der Waals surface area (Å²) in [5.74, 6) is 1.03. The molecule has 0 aliphatic carbocycles. The van der Waals surface area contributed by atoms with E-state index in [1.165, 1.54) is 6.33 Å². The second-order valence-electron chi connectivity index (χ2n) is 20.7. The van der Waals surface area contributed by atoms with Crippen LogP contribution in [0.15, 0.2) is 116 Å². The molecule has 0 amide bonds. The van der Waals surface area contributed by atoms with Crippen LogP contribution in [-0.2, 0) is 44.5 Å². The van der Waals surface area contributed by atoms with Crippen LogP contribution in [0.25, 0.3) is 22.4 Å². The Morgan fingerprint density at radius 2 is 1.42 bits per heavy atom. The van der Waals surface area contributed by atoms with Crippen molar-refractivity contribution in [2.24, 2.45) is 0 Å². The average Bonchev–Trinajstić information content (AvgIpc) is 4.01. The summed E-state index contributed by atoms with van der Waals surface area (Å²) in [5.41, 5.74) is 4.73. The molecular formula is C58H72N7O9PSi. The molecule has 0 bridgehead atoms. The van der Waals surface area contributed by atoms with Crippen LogP contribution in [0.5, 0.6) is 11.5 Å². The third-order valence-electron chi connectivity index (χ3n) is 14.0. The first-order chi connectivity index (χ1) is 36.5. The lowest BCUT2D eigenvalue weighted by Gasteiger charge is -2.42. The number of methoxy groups -OCH3 is 2. The Morgan fingerprint density at radius 3 is 2.01 bits per heavy atom. The molecule has 1 aliphatic rings. The highest BCUT2D eigenvalue weighted by Crippen LogP contribution is 2.53. The van der Waals surface area contributed by atoms with E-state index >= 15 is 0 Å². The molecule has 4 aromatic carbocycles. The Balaban J connectivity index is 1.39. The Kier molecular flexibility index (Phi) is 19.6. The van der Waals surface area contributed by atoms with Crippen molar-refractivity contribution < 1.29 is 42.0 Å². The number of nitriles is 2. The van der Waals surface area contributed by atoms with Gasteiger partial charge in [0.2, 0.25) is 0 Å². The molecule has 1 fully saturated rings. The van der Waals surface area contributed by atoms with Gasteiger partial charge in [0.25, 0.3) is 8.53 Å². The summed E-state index contributed by atoms with van der Waals surface area (Å²) in [6.45, 7) is 19.7. The topological polar surface area (TPSA) is 185 Å². The van der Waals surface area contributed by atoms with Crippen molar-refractivity contribution >= 4 is 34.0 Å². The highest BCUT2D eigenvalue weighted by atomic mass is 31.2. The molecule has 76 heavy (non-hydrogen) atoms. The zero-order valence-corrected chi connectivity index (χ0v) is 47.5. The van der Waals surface area contributed by atoms with E-state index in [0.717, 1.165) is 27.8 Å². The molecule has 0 spiro atoms. The largest absolute Gasteiger partial charge is 0.497 e. The Labute approximate surface area is 450 Å². The molecule has 6 aromatic rings. The third kappa shape index (κ3) is 13.2. The summed E-state index contributed by atoms with van der Waals surface area (Å²) in [5, 5.41) is 18.4. The van der Waals surface area contributed by atoms with E-state index in [1.807, 2.05) is 102 Å². The van der Waals surface area contributed by atoms with Crippen LogP contribution in [0.1, 0.15) is 96.2 Å². The third-order valence-corrected chi connectivity index (χ3v) is 20.6. The number of ether oxygens (including phenoxy) is 5. The fourth-order valence-electron chi connectivity index (χ4n) is 9.17. The second-order valence-corrected chi connectivity index (χ2v) is 26.9. The van der Waals surface area contributed by atoms with Gasteiger partial charge >= 0.3 is 5.97 Å². The SMILES string of the molecule is COc1ccc(C(OC[C@H]2O[C@@H](n3cnc4c(-c5cccc(CCC(=O)OCCC#N)c5)ncnc43)[C@H](O[Si](C)(C)C(C)(C)C)[C@@H]2OP(OCCC#N)N(C(C)C)C(C)C)(c2ccccc2)c2ccc(OC)cc2)cc1. The van der Waals surface area contributed by atoms with Crippen molar-refractivity contribution in [1.82, 2.24) is 24.2 Å². The summed E-state index contributed by atoms with van der Waals surface area (Å²) in [4.78, 5) is 27.1. The smallest absolute Gasteiger partial charge is 0.306 e. The van der Waals surface area contributed by atoms with Crippen molar-refractivity contribution in [1.29, 1.82) is 10.5 Å². The number of imidazole rings is 1. The lowest BCUT2D eigenvalue weighted by atomic mass is 9.80. The van der Waals surface area contributed by atoms with Crippen LogP contribution < -0.4 is 9.47 Å². The maximum atomic E-state index is 12.5. The molecule has 1 unspecified atom stereocenters. The minimum Gasteiger partial charge on any atom is -0.497 e. The van der Waals surface area contributed by atoms with Gasteiger partial charge in [0.05, 0.1) is 58.7 Å². The van der Waals surface area contributed by atoms with E-state index in [-0.39, 0.29) is 62.2 Å². The summed E-state index contributed by atoms with van der Waals surface area (Å²) >= 11 is 0. The van der Waals surface area contributed by atoms with Gasteiger partial charge in [0, 0.05) is 24.1 Å². The monoisotopic (exact) mass is 1070 g/mol. The molecule has 402 valence electrons. The molecule has 7 rings (SSSR count).